The van der Waals surface area contributed by atoms with Gasteiger partial charge in [0, 0.05) is 0 Å². The quantitative estimate of drug-likeness (QED) is 0.809. The highest BCUT2D eigenvalue weighted by Gasteiger charge is 2.16. The maximum atomic E-state index is 13.4. The van der Waals surface area contributed by atoms with Gasteiger partial charge in [0.1, 0.15) is 18.0 Å². The van der Waals surface area contributed by atoms with Crippen LogP contribution in [0, 0.1) is 11.6 Å². The largest absolute Gasteiger partial charge is 0.291 e. The van der Waals surface area contributed by atoms with Crippen molar-refractivity contribution in [2.24, 2.45) is 0 Å². The van der Waals surface area contributed by atoms with Gasteiger partial charge in [0.25, 0.3) is 5.91 Å². The summed E-state index contributed by atoms with van der Waals surface area (Å²) < 4.78 is 26.4. The Bertz CT molecular complexity index is 558. The van der Waals surface area contributed by atoms with Crippen molar-refractivity contribution in [1.82, 2.24) is 15.2 Å². The van der Waals surface area contributed by atoms with Crippen LogP contribution in [0.25, 0.3) is 0 Å². The smallest absolute Gasteiger partial charge is 0.261 e. The molecule has 0 saturated carbocycles. The maximum absolute atomic E-state index is 13.4. The standard InChI is InChI=1S/C9H5ClF2N4O/c10-5-2-6(11)4(1-7(5)12)8(17)15-9-13-3-14-16-9/h1-3H,(H2,13,14,15,16,17). The summed E-state index contributed by atoms with van der Waals surface area (Å²) in [4.78, 5) is 15.2. The van der Waals surface area contributed by atoms with E-state index in [-0.39, 0.29) is 5.95 Å². The number of aromatic nitrogens is 3. The predicted octanol–water partition coefficient (Wildman–Crippen LogP) is 1.99. The summed E-state index contributed by atoms with van der Waals surface area (Å²) in [5.41, 5.74) is -0.469. The molecular weight excluding hydrogens is 254 g/mol. The number of halogens is 3. The number of carbonyl (C=O) groups is 1. The summed E-state index contributed by atoms with van der Waals surface area (Å²) in [7, 11) is 0. The number of anilines is 1. The van der Waals surface area contributed by atoms with Gasteiger partial charge in [-0.05, 0) is 12.1 Å². The molecule has 0 aliphatic carbocycles. The van der Waals surface area contributed by atoms with E-state index < -0.39 is 28.1 Å². The lowest BCUT2D eigenvalue weighted by Crippen LogP contribution is -2.15. The van der Waals surface area contributed by atoms with E-state index in [1.54, 1.807) is 0 Å². The molecule has 1 aromatic heterocycles. The van der Waals surface area contributed by atoms with Crippen LogP contribution in [0.4, 0.5) is 14.7 Å². The lowest BCUT2D eigenvalue weighted by atomic mass is 10.2. The molecule has 5 nitrogen and oxygen atoms in total. The molecule has 0 spiro atoms. The van der Waals surface area contributed by atoms with Crippen molar-refractivity contribution in [3.8, 4) is 0 Å². The second-order valence-corrected chi connectivity index (χ2v) is 3.44. The van der Waals surface area contributed by atoms with Gasteiger partial charge in [-0.15, -0.1) is 0 Å². The van der Waals surface area contributed by atoms with Crippen LogP contribution in [-0.2, 0) is 0 Å². The Labute approximate surface area is 98.8 Å². The van der Waals surface area contributed by atoms with Gasteiger partial charge in [0.2, 0.25) is 5.95 Å². The summed E-state index contributed by atoms with van der Waals surface area (Å²) >= 11 is 5.36. The number of hydrogen-bond donors (Lipinski definition) is 2. The third-order valence-electron chi connectivity index (χ3n) is 1.90. The summed E-state index contributed by atoms with van der Waals surface area (Å²) in [6, 6.07) is 1.44. The van der Waals surface area contributed by atoms with Gasteiger partial charge in [-0.1, -0.05) is 11.6 Å². The van der Waals surface area contributed by atoms with Crippen molar-refractivity contribution < 1.29 is 13.6 Å². The molecule has 0 atom stereocenters. The van der Waals surface area contributed by atoms with E-state index in [9.17, 15) is 13.6 Å². The molecule has 0 aliphatic heterocycles. The second-order valence-electron chi connectivity index (χ2n) is 3.03. The summed E-state index contributed by atoms with van der Waals surface area (Å²) in [6.07, 6.45) is 1.16. The molecule has 88 valence electrons. The molecule has 1 amide bonds. The first-order valence-corrected chi connectivity index (χ1v) is 4.77. The highest BCUT2D eigenvalue weighted by Crippen LogP contribution is 2.19. The van der Waals surface area contributed by atoms with Crippen molar-refractivity contribution in [3.63, 3.8) is 0 Å². The van der Waals surface area contributed by atoms with E-state index in [0.717, 1.165) is 12.4 Å². The van der Waals surface area contributed by atoms with Crippen LogP contribution in [0.1, 0.15) is 10.4 Å². The Balaban J connectivity index is 2.28. The normalized spacial score (nSPS) is 10.3. The Morgan fingerprint density at radius 2 is 2.12 bits per heavy atom. The third-order valence-corrected chi connectivity index (χ3v) is 2.19. The van der Waals surface area contributed by atoms with E-state index in [1.807, 2.05) is 0 Å². The van der Waals surface area contributed by atoms with Crippen molar-refractivity contribution in [2.45, 2.75) is 0 Å². The molecule has 2 N–H and O–H groups in total. The number of aromatic amines is 1. The SMILES string of the molecule is O=C(Nc1ncn[nH]1)c1cc(F)c(Cl)cc1F. The van der Waals surface area contributed by atoms with Gasteiger partial charge < -0.3 is 0 Å². The number of nitrogens with zero attached hydrogens (tertiary/aromatic N) is 2. The topological polar surface area (TPSA) is 70.7 Å². The Morgan fingerprint density at radius 1 is 1.35 bits per heavy atom. The van der Waals surface area contributed by atoms with Crippen LogP contribution in [-0.4, -0.2) is 21.1 Å². The first-order chi connectivity index (χ1) is 8.08. The van der Waals surface area contributed by atoms with Gasteiger partial charge in [0.15, 0.2) is 0 Å². The molecule has 17 heavy (non-hydrogen) atoms. The van der Waals surface area contributed by atoms with Crippen LogP contribution in [0.3, 0.4) is 0 Å². The van der Waals surface area contributed by atoms with Gasteiger partial charge >= 0.3 is 0 Å². The number of carbonyl (C=O) groups excluding carboxylic acids is 1. The van der Waals surface area contributed by atoms with E-state index in [4.69, 9.17) is 11.6 Å². The average Bonchev–Trinajstić information content (AvgIpc) is 2.76. The highest BCUT2D eigenvalue weighted by molar-refractivity contribution is 6.30. The van der Waals surface area contributed by atoms with Gasteiger partial charge in [-0.25, -0.2) is 13.9 Å². The monoisotopic (exact) mass is 258 g/mol. The molecule has 0 unspecified atom stereocenters. The van der Waals surface area contributed by atoms with Crippen molar-refractivity contribution in [2.75, 3.05) is 5.32 Å². The summed E-state index contributed by atoms with van der Waals surface area (Å²) in [5, 5.41) is 7.65. The minimum Gasteiger partial charge on any atom is -0.291 e. The number of benzene rings is 1. The molecule has 0 bridgehead atoms. The number of nitrogens with one attached hydrogen (secondary N) is 2. The van der Waals surface area contributed by atoms with Crippen molar-refractivity contribution in [1.29, 1.82) is 0 Å². The first kappa shape index (κ1) is 11.5. The van der Waals surface area contributed by atoms with E-state index >= 15 is 0 Å². The zero-order valence-corrected chi connectivity index (χ0v) is 8.92. The van der Waals surface area contributed by atoms with Crippen LogP contribution in [0.15, 0.2) is 18.5 Å². The van der Waals surface area contributed by atoms with Crippen LogP contribution in [0.5, 0.6) is 0 Å². The van der Waals surface area contributed by atoms with E-state index in [1.165, 1.54) is 0 Å². The average molecular weight is 259 g/mol. The highest BCUT2D eigenvalue weighted by atomic mass is 35.5. The summed E-state index contributed by atoms with van der Waals surface area (Å²) in [5.74, 6) is -2.62. The van der Waals surface area contributed by atoms with Crippen LogP contribution < -0.4 is 5.32 Å². The lowest BCUT2D eigenvalue weighted by Gasteiger charge is -2.04. The Kier molecular flexibility index (Phi) is 3.01. The number of amides is 1. The maximum Gasteiger partial charge on any atom is 0.261 e. The lowest BCUT2D eigenvalue weighted by molar-refractivity contribution is 0.102. The van der Waals surface area contributed by atoms with Crippen LogP contribution in [0.2, 0.25) is 5.02 Å². The molecule has 8 heteroatoms. The number of rotatable bonds is 2. The van der Waals surface area contributed by atoms with Crippen molar-refractivity contribution in [3.05, 3.63) is 40.7 Å². The van der Waals surface area contributed by atoms with Gasteiger partial charge in [-0.2, -0.15) is 10.1 Å². The van der Waals surface area contributed by atoms with E-state index in [2.05, 4.69) is 20.5 Å². The fourth-order valence-corrected chi connectivity index (χ4v) is 1.29. The molecule has 0 saturated heterocycles. The predicted molar refractivity (Wildman–Crippen MR) is 55.7 cm³/mol. The van der Waals surface area contributed by atoms with Crippen LogP contribution >= 0.6 is 11.6 Å². The molecule has 0 fully saturated rings. The zero-order valence-electron chi connectivity index (χ0n) is 8.17. The second kappa shape index (κ2) is 4.46. The molecule has 2 aromatic rings. The fourth-order valence-electron chi connectivity index (χ4n) is 1.14. The Hall–Kier alpha value is -2.02. The molecule has 0 aliphatic rings. The molecule has 0 radical (unpaired) electrons. The first-order valence-electron chi connectivity index (χ1n) is 4.39. The molecule has 1 aromatic carbocycles. The number of hydrogen-bond acceptors (Lipinski definition) is 3. The zero-order chi connectivity index (χ0) is 12.4. The Morgan fingerprint density at radius 3 is 2.76 bits per heavy atom. The van der Waals surface area contributed by atoms with E-state index in [0.29, 0.717) is 6.07 Å². The third kappa shape index (κ3) is 2.39. The van der Waals surface area contributed by atoms with Crippen molar-refractivity contribution >= 4 is 23.5 Å². The minimum absolute atomic E-state index is 0.0322. The summed E-state index contributed by atoms with van der Waals surface area (Å²) in [6.45, 7) is 0. The molecular formula is C9H5ClF2N4O. The van der Waals surface area contributed by atoms with Gasteiger partial charge in [-0.3, -0.25) is 10.1 Å². The molecule has 2 rings (SSSR count). The number of H-pyrrole nitrogens is 1. The van der Waals surface area contributed by atoms with Gasteiger partial charge in [0.05, 0.1) is 10.6 Å². The fraction of sp³-hybridized carbons (Fsp3) is 0. The molecule has 1 heterocycles. The minimum atomic E-state index is -0.923.